The Labute approximate surface area is 99.5 Å². The van der Waals surface area contributed by atoms with Gasteiger partial charge < -0.3 is 0 Å². The second-order valence-corrected chi connectivity index (χ2v) is 4.25. The maximum atomic E-state index is 4.52. The SMILES string of the molecule is S=C=Nc1ccc(CCBr)c(Br)c1. The van der Waals surface area contributed by atoms with Crippen LogP contribution in [-0.2, 0) is 6.42 Å². The first-order chi connectivity index (χ1) is 6.27. The highest BCUT2D eigenvalue weighted by atomic mass is 79.9. The van der Waals surface area contributed by atoms with Gasteiger partial charge in [0.25, 0.3) is 0 Å². The van der Waals surface area contributed by atoms with Crippen molar-refractivity contribution in [2.45, 2.75) is 6.42 Å². The summed E-state index contributed by atoms with van der Waals surface area (Å²) >= 11 is 11.4. The van der Waals surface area contributed by atoms with Gasteiger partial charge in [0.15, 0.2) is 0 Å². The highest BCUT2D eigenvalue weighted by molar-refractivity contribution is 9.10. The van der Waals surface area contributed by atoms with Crippen molar-refractivity contribution in [3.63, 3.8) is 0 Å². The molecule has 13 heavy (non-hydrogen) atoms. The highest BCUT2D eigenvalue weighted by Gasteiger charge is 1.99. The van der Waals surface area contributed by atoms with Gasteiger partial charge in [-0.05, 0) is 36.3 Å². The van der Waals surface area contributed by atoms with Gasteiger partial charge in [-0.15, -0.1) is 0 Å². The monoisotopic (exact) mass is 319 g/mol. The number of alkyl halides is 1. The van der Waals surface area contributed by atoms with Crippen molar-refractivity contribution in [2.24, 2.45) is 4.99 Å². The van der Waals surface area contributed by atoms with Crippen LogP contribution in [0.5, 0.6) is 0 Å². The van der Waals surface area contributed by atoms with Gasteiger partial charge in [0, 0.05) is 9.80 Å². The van der Waals surface area contributed by atoms with E-state index in [2.05, 4.69) is 54.2 Å². The third kappa shape index (κ3) is 3.31. The van der Waals surface area contributed by atoms with Crippen LogP contribution in [0.25, 0.3) is 0 Å². The van der Waals surface area contributed by atoms with Gasteiger partial charge >= 0.3 is 0 Å². The van der Waals surface area contributed by atoms with Crippen LogP contribution in [0.4, 0.5) is 5.69 Å². The predicted octanol–water partition coefficient (Wildman–Crippen LogP) is 4.12. The summed E-state index contributed by atoms with van der Waals surface area (Å²) in [6.45, 7) is 0. The number of halogens is 2. The lowest BCUT2D eigenvalue weighted by Gasteiger charge is -2.01. The lowest BCUT2D eigenvalue weighted by molar-refractivity contribution is 1.15. The van der Waals surface area contributed by atoms with E-state index in [9.17, 15) is 0 Å². The zero-order valence-electron chi connectivity index (χ0n) is 6.76. The van der Waals surface area contributed by atoms with Crippen molar-refractivity contribution in [2.75, 3.05) is 5.33 Å². The summed E-state index contributed by atoms with van der Waals surface area (Å²) in [6.07, 6.45) is 1.00. The summed E-state index contributed by atoms with van der Waals surface area (Å²) in [7, 11) is 0. The molecule has 0 amide bonds. The number of hydrogen-bond donors (Lipinski definition) is 0. The van der Waals surface area contributed by atoms with Gasteiger partial charge in [-0.2, -0.15) is 4.99 Å². The minimum atomic E-state index is 0.834. The Morgan fingerprint density at radius 1 is 1.46 bits per heavy atom. The molecule has 0 radical (unpaired) electrons. The molecule has 4 heteroatoms. The van der Waals surface area contributed by atoms with E-state index in [4.69, 9.17) is 0 Å². The Morgan fingerprint density at radius 3 is 2.77 bits per heavy atom. The van der Waals surface area contributed by atoms with Crippen LogP contribution in [0.15, 0.2) is 27.7 Å². The van der Waals surface area contributed by atoms with Crippen molar-refractivity contribution in [3.05, 3.63) is 28.2 Å². The first-order valence-electron chi connectivity index (χ1n) is 3.70. The summed E-state index contributed by atoms with van der Waals surface area (Å²) in [4.78, 5) is 3.89. The summed E-state index contributed by atoms with van der Waals surface area (Å²) in [5.74, 6) is 0. The zero-order valence-corrected chi connectivity index (χ0v) is 10.7. The number of isothiocyanates is 1. The molecule has 0 saturated heterocycles. The molecule has 0 aliphatic heterocycles. The number of hydrogen-bond acceptors (Lipinski definition) is 2. The molecule has 0 spiro atoms. The zero-order chi connectivity index (χ0) is 9.68. The fourth-order valence-corrected chi connectivity index (χ4v) is 2.06. The van der Waals surface area contributed by atoms with Gasteiger partial charge in [-0.3, -0.25) is 0 Å². The fourth-order valence-electron chi connectivity index (χ4n) is 0.963. The van der Waals surface area contributed by atoms with E-state index in [-0.39, 0.29) is 0 Å². The van der Waals surface area contributed by atoms with Crippen LogP contribution < -0.4 is 0 Å². The lowest BCUT2D eigenvalue weighted by atomic mass is 10.1. The fraction of sp³-hybridized carbons (Fsp3) is 0.222. The third-order valence-corrected chi connectivity index (χ3v) is 2.80. The van der Waals surface area contributed by atoms with E-state index in [0.29, 0.717) is 0 Å². The lowest BCUT2D eigenvalue weighted by Crippen LogP contribution is -1.86. The van der Waals surface area contributed by atoms with E-state index in [1.54, 1.807) is 0 Å². The maximum Gasteiger partial charge on any atom is 0.0750 e. The van der Waals surface area contributed by atoms with Crippen molar-refractivity contribution >= 4 is 54.9 Å². The quantitative estimate of drug-likeness (QED) is 0.463. The number of rotatable bonds is 3. The molecule has 0 bridgehead atoms. The maximum absolute atomic E-state index is 4.52. The molecule has 1 aromatic carbocycles. The Hall–Kier alpha value is -0.0200. The number of aliphatic imine (C=N–C) groups is 1. The van der Waals surface area contributed by atoms with E-state index in [1.165, 1.54) is 5.56 Å². The number of nitrogens with zero attached hydrogens (tertiary/aromatic N) is 1. The Kier molecular flexibility index (Phi) is 4.81. The molecule has 0 saturated carbocycles. The van der Waals surface area contributed by atoms with Crippen molar-refractivity contribution in [1.82, 2.24) is 0 Å². The van der Waals surface area contributed by atoms with Crippen molar-refractivity contribution in [3.8, 4) is 0 Å². The van der Waals surface area contributed by atoms with Crippen LogP contribution in [0.2, 0.25) is 0 Å². The molecule has 0 unspecified atom stereocenters. The molecule has 0 atom stereocenters. The minimum absolute atomic E-state index is 0.834. The predicted molar refractivity (Wildman–Crippen MR) is 66.3 cm³/mol. The Balaban J connectivity index is 2.97. The second kappa shape index (κ2) is 5.66. The van der Waals surface area contributed by atoms with Crippen LogP contribution >= 0.6 is 44.1 Å². The van der Waals surface area contributed by atoms with E-state index in [1.807, 2.05) is 18.2 Å². The Morgan fingerprint density at radius 2 is 2.23 bits per heavy atom. The third-order valence-electron chi connectivity index (χ3n) is 1.58. The topological polar surface area (TPSA) is 12.4 Å². The summed E-state index contributed by atoms with van der Waals surface area (Å²) in [5, 5.41) is 3.30. The van der Waals surface area contributed by atoms with Crippen LogP contribution in [-0.4, -0.2) is 10.5 Å². The minimum Gasteiger partial charge on any atom is -0.195 e. The normalized spacial score (nSPS) is 9.38. The number of thiocarbonyl (C=S) groups is 1. The molecule has 0 aromatic heterocycles. The van der Waals surface area contributed by atoms with E-state index in [0.717, 1.165) is 21.9 Å². The molecule has 68 valence electrons. The Bertz CT molecular complexity index is 345. The van der Waals surface area contributed by atoms with Gasteiger partial charge in [0.05, 0.1) is 10.8 Å². The van der Waals surface area contributed by atoms with Gasteiger partial charge in [0.2, 0.25) is 0 Å². The van der Waals surface area contributed by atoms with Gasteiger partial charge in [-0.25, -0.2) is 0 Å². The highest BCUT2D eigenvalue weighted by Crippen LogP contribution is 2.23. The summed E-state index contributed by atoms with van der Waals surface area (Å²) in [6, 6.07) is 5.91. The summed E-state index contributed by atoms with van der Waals surface area (Å²) < 4.78 is 1.07. The molecular weight excluding hydrogens is 314 g/mol. The molecule has 0 fully saturated rings. The van der Waals surface area contributed by atoms with Crippen LogP contribution in [0.1, 0.15) is 5.56 Å². The van der Waals surface area contributed by atoms with Crippen molar-refractivity contribution < 1.29 is 0 Å². The molecule has 0 heterocycles. The van der Waals surface area contributed by atoms with E-state index < -0.39 is 0 Å². The number of benzene rings is 1. The number of aryl methyl sites for hydroxylation is 1. The standard InChI is InChI=1S/C9H7Br2NS/c10-4-3-7-1-2-8(12-6-13)5-9(7)11/h1-2,5H,3-4H2. The van der Waals surface area contributed by atoms with Crippen LogP contribution in [0, 0.1) is 0 Å². The average molecular weight is 321 g/mol. The molecule has 1 aromatic rings. The largest absolute Gasteiger partial charge is 0.195 e. The van der Waals surface area contributed by atoms with Crippen molar-refractivity contribution in [1.29, 1.82) is 0 Å². The van der Waals surface area contributed by atoms with Crippen LogP contribution in [0.3, 0.4) is 0 Å². The first kappa shape index (κ1) is 11.1. The molecule has 0 aliphatic carbocycles. The molecule has 0 N–H and O–H groups in total. The smallest absolute Gasteiger partial charge is 0.0750 e. The van der Waals surface area contributed by atoms with E-state index >= 15 is 0 Å². The molecule has 1 rings (SSSR count). The summed E-state index contributed by atoms with van der Waals surface area (Å²) in [5.41, 5.74) is 2.10. The van der Waals surface area contributed by atoms with Gasteiger partial charge in [0.1, 0.15) is 0 Å². The molecular formula is C9H7Br2NS. The molecule has 1 nitrogen and oxygen atoms in total. The first-order valence-corrected chi connectivity index (χ1v) is 6.02. The molecule has 0 aliphatic rings. The van der Waals surface area contributed by atoms with Gasteiger partial charge in [-0.1, -0.05) is 37.9 Å². The average Bonchev–Trinajstić information content (AvgIpc) is 2.10. The second-order valence-electron chi connectivity index (χ2n) is 2.42.